The second-order valence-corrected chi connectivity index (χ2v) is 6.00. The van der Waals surface area contributed by atoms with Crippen molar-refractivity contribution in [3.8, 4) is 5.69 Å². The van der Waals surface area contributed by atoms with Gasteiger partial charge in [0.25, 0.3) is 5.91 Å². The van der Waals surface area contributed by atoms with E-state index in [0.717, 1.165) is 36.3 Å². The van der Waals surface area contributed by atoms with E-state index in [1.165, 1.54) is 0 Å². The van der Waals surface area contributed by atoms with Gasteiger partial charge < -0.3 is 10.6 Å². The van der Waals surface area contributed by atoms with Gasteiger partial charge in [0.1, 0.15) is 0 Å². The molecule has 1 aliphatic rings. The predicted octanol–water partition coefficient (Wildman–Crippen LogP) is 2.05. The third kappa shape index (κ3) is 2.64. The van der Waals surface area contributed by atoms with Crippen molar-refractivity contribution in [3.05, 3.63) is 47.3 Å². The van der Waals surface area contributed by atoms with Crippen molar-refractivity contribution >= 4 is 5.91 Å². The van der Waals surface area contributed by atoms with E-state index < -0.39 is 0 Å². The second kappa shape index (κ2) is 5.93. The summed E-state index contributed by atoms with van der Waals surface area (Å²) in [6, 6.07) is 8.12. The highest BCUT2D eigenvalue weighted by molar-refractivity contribution is 5.95. The van der Waals surface area contributed by atoms with Crippen molar-refractivity contribution in [2.24, 2.45) is 5.73 Å². The summed E-state index contributed by atoms with van der Waals surface area (Å²) >= 11 is 0. The summed E-state index contributed by atoms with van der Waals surface area (Å²) in [5, 5.41) is 4.42. The number of hydrogen-bond donors (Lipinski definition) is 1. The molecular formula is C17H22N4O. The SMILES string of the molecule is Cc1ccccc1-n1ncc(C(=O)N2CCC[C@H](N)C2)c1C. The van der Waals surface area contributed by atoms with Gasteiger partial charge >= 0.3 is 0 Å². The van der Waals surface area contributed by atoms with E-state index in [1.807, 2.05) is 47.7 Å². The lowest BCUT2D eigenvalue weighted by atomic mass is 10.1. The number of amides is 1. The van der Waals surface area contributed by atoms with Crippen LogP contribution in [0.1, 0.15) is 34.5 Å². The minimum absolute atomic E-state index is 0.0347. The molecule has 0 radical (unpaired) electrons. The first-order valence-electron chi connectivity index (χ1n) is 7.73. The minimum atomic E-state index is 0.0347. The fourth-order valence-electron chi connectivity index (χ4n) is 3.03. The highest BCUT2D eigenvalue weighted by atomic mass is 16.2. The van der Waals surface area contributed by atoms with E-state index in [9.17, 15) is 4.79 Å². The number of piperidine rings is 1. The third-order valence-electron chi connectivity index (χ3n) is 4.33. The number of carbonyl (C=O) groups excluding carboxylic acids is 1. The summed E-state index contributed by atoms with van der Waals surface area (Å²) in [5.41, 5.74) is 9.66. The van der Waals surface area contributed by atoms with Gasteiger partial charge in [-0.15, -0.1) is 0 Å². The number of aryl methyl sites for hydroxylation is 1. The summed E-state index contributed by atoms with van der Waals surface area (Å²) in [6.45, 7) is 5.40. The molecule has 0 bridgehead atoms. The maximum absolute atomic E-state index is 12.7. The summed E-state index contributed by atoms with van der Waals surface area (Å²) < 4.78 is 1.84. The molecule has 1 aromatic carbocycles. The molecule has 0 saturated carbocycles. The number of carbonyl (C=O) groups is 1. The number of aromatic nitrogens is 2. The van der Waals surface area contributed by atoms with Crippen molar-refractivity contribution < 1.29 is 4.79 Å². The Hall–Kier alpha value is -2.14. The van der Waals surface area contributed by atoms with Crippen LogP contribution in [0.5, 0.6) is 0 Å². The predicted molar refractivity (Wildman–Crippen MR) is 86.2 cm³/mol. The maximum atomic E-state index is 12.7. The van der Waals surface area contributed by atoms with Crippen LogP contribution in [-0.4, -0.2) is 39.7 Å². The molecule has 1 atom stereocenters. The molecule has 0 unspecified atom stereocenters. The van der Waals surface area contributed by atoms with Crippen LogP contribution in [0, 0.1) is 13.8 Å². The van der Waals surface area contributed by atoms with Crippen LogP contribution in [-0.2, 0) is 0 Å². The van der Waals surface area contributed by atoms with Crippen molar-refractivity contribution in [2.45, 2.75) is 32.7 Å². The molecule has 1 aliphatic heterocycles. The monoisotopic (exact) mass is 298 g/mol. The zero-order valence-electron chi connectivity index (χ0n) is 13.1. The lowest BCUT2D eigenvalue weighted by Crippen LogP contribution is -2.45. The molecular weight excluding hydrogens is 276 g/mol. The number of para-hydroxylation sites is 1. The number of nitrogens with zero attached hydrogens (tertiary/aromatic N) is 3. The first-order valence-corrected chi connectivity index (χ1v) is 7.73. The molecule has 1 aromatic heterocycles. The Morgan fingerprint density at radius 1 is 1.32 bits per heavy atom. The summed E-state index contributed by atoms with van der Waals surface area (Å²) in [4.78, 5) is 14.6. The van der Waals surface area contributed by atoms with Gasteiger partial charge in [-0.2, -0.15) is 5.10 Å². The van der Waals surface area contributed by atoms with E-state index in [4.69, 9.17) is 5.73 Å². The zero-order chi connectivity index (χ0) is 15.7. The Labute approximate surface area is 130 Å². The van der Waals surface area contributed by atoms with Crippen molar-refractivity contribution in [3.63, 3.8) is 0 Å². The van der Waals surface area contributed by atoms with Crippen LogP contribution in [0.25, 0.3) is 5.69 Å². The Morgan fingerprint density at radius 2 is 2.09 bits per heavy atom. The molecule has 2 N–H and O–H groups in total. The fraction of sp³-hybridized carbons (Fsp3) is 0.412. The topological polar surface area (TPSA) is 64.2 Å². The molecule has 22 heavy (non-hydrogen) atoms. The van der Waals surface area contributed by atoms with Crippen LogP contribution < -0.4 is 5.73 Å². The van der Waals surface area contributed by atoms with Gasteiger partial charge in [-0.3, -0.25) is 4.79 Å². The van der Waals surface area contributed by atoms with Crippen LogP contribution >= 0.6 is 0 Å². The molecule has 0 spiro atoms. The normalized spacial score (nSPS) is 18.5. The van der Waals surface area contributed by atoms with Crippen molar-refractivity contribution in [1.82, 2.24) is 14.7 Å². The summed E-state index contributed by atoms with van der Waals surface area (Å²) in [5.74, 6) is 0.0347. The van der Waals surface area contributed by atoms with Crippen LogP contribution in [0.2, 0.25) is 0 Å². The van der Waals surface area contributed by atoms with Gasteiger partial charge in [0, 0.05) is 19.1 Å². The number of benzene rings is 1. The average Bonchev–Trinajstić information content (AvgIpc) is 2.88. The molecule has 5 heteroatoms. The lowest BCUT2D eigenvalue weighted by Gasteiger charge is -2.30. The van der Waals surface area contributed by atoms with Crippen LogP contribution in [0.4, 0.5) is 0 Å². The molecule has 0 aliphatic carbocycles. The zero-order valence-corrected chi connectivity index (χ0v) is 13.1. The Balaban J connectivity index is 1.90. The molecule has 1 amide bonds. The molecule has 5 nitrogen and oxygen atoms in total. The molecule has 1 fully saturated rings. The largest absolute Gasteiger partial charge is 0.337 e. The van der Waals surface area contributed by atoms with E-state index in [2.05, 4.69) is 5.10 Å². The molecule has 2 heterocycles. The minimum Gasteiger partial charge on any atom is -0.337 e. The Bertz CT molecular complexity index is 692. The number of nitrogens with two attached hydrogens (primary N) is 1. The number of likely N-dealkylation sites (tertiary alicyclic amines) is 1. The van der Waals surface area contributed by atoms with E-state index in [-0.39, 0.29) is 11.9 Å². The van der Waals surface area contributed by atoms with E-state index >= 15 is 0 Å². The first-order chi connectivity index (χ1) is 10.6. The lowest BCUT2D eigenvalue weighted by molar-refractivity contribution is 0.0708. The quantitative estimate of drug-likeness (QED) is 0.923. The maximum Gasteiger partial charge on any atom is 0.257 e. The van der Waals surface area contributed by atoms with E-state index in [0.29, 0.717) is 12.1 Å². The van der Waals surface area contributed by atoms with Crippen LogP contribution in [0.3, 0.4) is 0 Å². The molecule has 1 saturated heterocycles. The second-order valence-electron chi connectivity index (χ2n) is 6.00. The summed E-state index contributed by atoms with van der Waals surface area (Å²) in [7, 11) is 0. The van der Waals surface area contributed by atoms with Crippen molar-refractivity contribution in [1.29, 1.82) is 0 Å². The average molecular weight is 298 g/mol. The van der Waals surface area contributed by atoms with Gasteiger partial charge in [0.15, 0.2) is 0 Å². The Morgan fingerprint density at radius 3 is 2.82 bits per heavy atom. The number of rotatable bonds is 2. The smallest absolute Gasteiger partial charge is 0.257 e. The van der Waals surface area contributed by atoms with Gasteiger partial charge in [0.2, 0.25) is 0 Å². The van der Waals surface area contributed by atoms with E-state index in [1.54, 1.807) is 6.20 Å². The summed E-state index contributed by atoms with van der Waals surface area (Å²) in [6.07, 6.45) is 3.63. The standard InChI is InChI=1S/C17H22N4O/c1-12-6-3-4-8-16(12)21-13(2)15(10-19-21)17(22)20-9-5-7-14(18)11-20/h3-4,6,8,10,14H,5,7,9,11,18H2,1-2H3/t14-/m0/s1. The Kier molecular flexibility index (Phi) is 3.98. The fourth-order valence-corrected chi connectivity index (χ4v) is 3.03. The highest BCUT2D eigenvalue weighted by Gasteiger charge is 2.25. The van der Waals surface area contributed by atoms with Gasteiger partial charge in [-0.05, 0) is 38.3 Å². The van der Waals surface area contributed by atoms with Crippen molar-refractivity contribution in [2.75, 3.05) is 13.1 Å². The molecule has 116 valence electrons. The van der Waals surface area contributed by atoms with Gasteiger partial charge in [-0.25, -0.2) is 4.68 Å². The third-order valence-corrected chi connectivity index (χ3v) is 4.33. The first kappa shape index (κ1) is 14.8. The molecule has 2 aromatic rings. The highest BCUT2D eigenvalue weighted by Crippen LogP contribution is 2.20. The molecule has 3 rings (SSSR count). The number of hydrogen-bond acceptors (Lipinski definition) is 3. The van der Waals surface area contributed by atoms with Gasteiger partial charge in [-0.1, -0.05) is 18.2 Å². The van der Waals surface area contributed by atoms with Crippen LogP contribution in [0.15, 0.2) is 30.5 Å². The van der Waals surface area contributed by atoms with Gasteiger partial charge in [0.05, 0.1) is 23.1 Å².